The molecule has 19 heavy (non-hydrogen) atoms. The van der Waals surface area contributed by atoms with Crippen LogP contribution < -0.4 is 0 Å². The highest BCUT2D eigenvalue weighted by Gasteiger charge is 2.22. The maximum Gasteiger partial charge on any atom is 0.126 e. The van der Waals surface area contributed by atoms with E-state index < -0.39 is 5.60 Å². The molecule has 0 spiro atoms. The van der Waals surface area contributed by atoms with E-state index in [2.05, 4.69) is 15.9 Å². The predicted molar refractivity (Wildman–Crippen MR) is 78.6 cm³/mol. The molecule has 2 rings (SSSR count). The molecular weight excluding hydrogens is 307 g/mol. The molecule has 0 aliphatic rings. The lowest BCUT2D eigenvalue weighted by Gasteiger charge is -2.23. The highest BCUT2D eigenvalue weighted by Crippen LogP contribution is 2.21. The molecule has 0 aliphatic carbocycles. The number of aliphatic hydroxyl groups is 1. The van der Waals surface area contributed by atoms with E-state index in [1.165, 1.54) is 6.07 Å². The minimum atomic E-state index is -0.962. The average Bonchev–Trinajstić information content (AvgIpc) is 2.35. The number of rotatable bonds is 4. The molecule has 0 saturated carbocycles. The van der Waals surface area contributed by atoms with Crippen molar-refractivity contribution < 1.29 is 9.50 Å². The molecule has 0 heterocycles. The molecule has 0 aromatic heterocycles. The predicted octanol–water partition coefficient (Wildman–Crippen LogP) is 4.12. The van der Waals surface area contributed by atoms with Crippen LogP contribution in [-0.2, 0) is 12.8 Å². The minimum absolute atomic E-state index is 0.265. The normalized spacial score (nSPS) is 14.1. The molecule has 2 aromatic carbocycles. The SMILES string of the molecule is CC(O)(Cc1ccc(Br)cc1)Cc1ccccc1F. The highest BCUT2D eigenvalue weighted by molar-refractivity contribution is 9.10. The van der Waals surface area contributed by atoms with Gasteiger partial charge in [0.05, 0.1) is 5.60 Å². The van der Waals surface area contributed by atoms with E-state index in [1.807, 2.05) is 24.3 Å². The van der Waals surface area contributed by atoms with Crippen molar-refractivity contribution >= 4 is 15.9 Å². The zero-order chi connectivity index (χ0) is 13.9. The van der Waals surface area contributed by atoms with Gasteiger partial charge in [-0.25, -0.2) is 4.39 Å². The number of hydrogen-bond acceptors (Lipinski definition) is 1. The van der Waals surface area contributed by atoms with E-state index in [9.17, 15) is 9.50 Å². The molecule has 100 valence electrons. The van der Waals surface area contributed by atoms with Gasteiger partial charge in [0.1, 0.15) is 5.82 Å². The monoisotopic (exact) mass is 322 g/mol. The Morgan fingerprint density at radius 3 is 2.32 bits per heavy atom. The Labute approximate surface area is 121 Å². The molecule has 0 radical (unpaired) electrons. The Hall–Kier alpha value is -1.19. The average molecular weight is 323 g/mol. The summed E-state index contributed by atoms with van der Waals surface area (Å²) in [5, 5.41) is 10.4. The first-order valence-corrected chi connectivity index (χ1v) is 6.96. The van der Waals surface area contributed by atoms with E-state index in [-0.39, 0.29) is 5.82 Å². The fraction of sp³-hybridized carbons (Fsp3) is 0.250. The van der Waals surface area contributed by atoms with E-state index in [0.717, 1.165) is 10.0 Å². The van der Waals surface area contributed by atoms with Crippen molar-refractivity contribution in [3.8, 4) is 0 Å². The van der Waals surface area contributed by atoms with E-state index in [0.29, 0.717) is 18.4 Å². The summed E-state index contributed by atoms with van der Waals surface area (Å²) in [7, 11) is 0. The first-order valence-electron chi connectivity index (χ1n) is 6.16. The lowest BCUT2D eigenvalue weighted by molar-refractivity contribution is 0.0599. The Kier molecular flexibility index (Phi) is 4.38. The van der Waals surface area contributed by atoms with Crippen molar-refractivity contribution in [1.29, 1.82) is 0 Å². The van der Waals surface area contributed by atoms with Crippen molar-refractivity contribution in [1.82, 2.24) is 0 Å². The second-order valence-corrected chi connectivity index (χ2v) is 5.98. The summed E-state index contributed by atoms with van der Waals surface area (Å²) >= 11 is 3.38. The molecule has 2 aromatic rings. The van der Waals surface area contributed by atoms with Gasteiger partial charge in [-0.05, 0) is 36.2 Å². The molecule has 0 aliphatic heterocycles. The van der Waals surface area contributed by atoms with Gasteiger partial charge in [-0.2, -0.15) is 0 Å². The molecule has 1 unspecified atom stereocenters. The van der Waals surface area contributed by atoms with E-state index in [1.54, 1.807) is 25.1 Å². The minimum Gasteiger partial charge on any atom is -0.389 e. The summed E-state index contributed by atoms with van der Waals surface area (Å²) in [6, 6.07) is 14.4. The molecule has 0 amide bonds. The van der Waals surface area contributed by atoms with Crippen LogP contribution in [0.2, 0.25) is 0 Å². The van der Waals surface area contributed by atoms with Crippen molar-refractivity contribution in [2.45, 2.75) is 25.4 Å². The van der Waals surface area contributed by atoms with Crippen molar-refractivity contribution in [3.63, 3.8) is 0 Å². The second kappa shape index (κ2) is 5.85. The van der Waals surface area contributed by atoms with Crippen molar-refractivity contribution in [2.24, 2.45) is 0 Å². The summed E-state index contributed by atoms with van der Waals surface area (Å²) < 4.78 is 14.6. The Morgan fingerprint density at radius 1 is 1.05 bits per heavy atom. The molecule has 1 atom stereocenters. The topological polar surface area (TPSA) is 20.2 Å². The Bertz CT molecular complexity index is 549. The molecular formula is C16H16BrFO. The number of halogens is 2. The van der Waals surface area contributed by atoms with Gasteiger partial charge in [0.15, 0.2) is 0 Å². The fourth-order valence-electron chi connectivity index (χ4n) is 2.16. The maximum atomic E-state index is 13.6. The molecule has 0 bridgehead atoms. The van der Waals surface area contributed by atoms with Gasteiger partial charge in [-0.15, -0.1) is 0 Å². The van der Waals surface area contributed by atoms with Crippen LogP contribution in [0.25, 0.3) is 0 Å². The number of hydrogen-bond donors (Lipinski definition) is 1. The third-order valence-electron chi connectivity index (χ3n) is 3.03. The van der Waals surface area contributed by atoms with Crippen LogP contribution in [0.3, 0.4) is 0 Å². The van der Waals surface area contributed by atoms with Gasteiger partial charge < -0.3 is 5.11 Å². The summed E-state index contributed by atoms with van der Waals surface area (Å²) in [6.07, 6.45) is 0.796. The van der Waals surface area contributed by atoms with Crippen LogP contribution in [0.5, 0.6) is 0 Å². The molecule has 1 nitrogen and oxygen atoms in total. The van der Waals surface area contributed by atoms with Crippen LogP contribution in [0.1, 0.15) is 18.1 Å². The van der Waals surface area contributed by atoms with Gasteiger partial charge in [0, 0.05) is 17.3 Å². The Balaban J connectivity index is 2.10. The van der Waals surface area contributed by atoms with Crippen LogP contribution in [0.4, 0.5) is 4.39 Å². The van der Waals surface area contributed by atoms with Crippen molar-refractivity contribution in [2.75, 3.05) is 0 Å². The molecule has 1 N–H and O–H groups in total. The fourth-order valence-corrected chi connectivity index (χ4v) is 2.42. The van der Waals surface area contributed by atoms with Gasteiger partial charge >= 0.3 is 0 Å². The molecule has 0 fully saturated rings. The Morgan fingerprint density at radius 2 is 1.68 bits per heavy atom. The highest BCUT2D eigenvalue weighted by atomic mass is 79.9. The molecule has 3 heteroatoms. The summed E-state index contributed by atoms with van der Waals surface area (Å²) in [6.45, 7) is 1.74. The third kappa shape index (κ3) is 4.15. The zero-order valence-electron chi connectivity index (χ0n) is 10.7. The van der Waals surface area contributed by atoms with Crippen LogP contribution in [-0.4, -0.2) is 10.7 Å². The van der Waals surface area contributed by atoms with Crippen LogP contribution in [0.15, 0.2) is 53.0 Å². The van der Waals surface area contributed by atoms with Crippen LogP contribution >= 0.6 is 15.9 Å². The first kappa shape index (κ1) is 14.2. The van der Waals surface area contributed by atoms with E-state index in [4.69, 9.17) is 0 Å². The lowest BCUT2D eigenvalue weighted by atomic mass is 9.90. The zero-order valence-corrected chi connectivity index (χ0v) is 12.3. The smallest absolute Gasteiger partial charge is 0.126 e. The number of benzene rings is 2. The van der Waals surface area contributed by atoms with Gasteiger partial charge in [0.25, 0.3) is 0 Å². The second-order valence-electron chi connectivity index (χ2n) is 5.07. The van der Waals surface area contributed by atoms with Crippen LogP contribution in [0, 0.1) is 5.82 Å². The molecule has 0 saturated heterocycles. The lowest BCUT2D eigenvalue weighted by Crippen LogP contribution is -2.30. The third-order valence-corrected chi connectivity index (χ3v) is 3.56. The standard InChI is InChI=1S/C16H16BrFO/c1-16(19,10-12-6-8-14(17)9-7-12)11-13-4-2-3-5-15(13)18/h2-9,19H,10-11H2,1H3. The summed E-state index contributed by atoms with van der Waals surface area (Å²) in [4.78, 5) is 0. The van der Waals surface area contributed by atoms with Gasteiger partial charge in [-0.1, -0.05) is 46.3 Å². The van der Waals surface area contributed by atoms with Gasteiger partial charge in [0.2, 0.25) is 0 Å². The largest absolute Gasteiger partial charge is 0.389 e. The van der Waals surface area contributed by atoms with Crippen molar-refractivity contribution in [3.05, 3.63) is 69.9 Å². The van der Waals surface area contributed by atoms with Gasteiger partial charge in [-0.3, -0.25) is 0 Å². The quantitative estimate of drug-likeness (QED) is 0.897. The maximum absolute atomic E-state index is 13.6. The summed E-state index contributed by atoms with van der Waals surface area (Å²) in [5.41, 5.74) is 0.616. The summed E-state index contributed by atoms with van der Waals surface area (Å²) in [5.74, 6) is -0.265. The first-order chi connectivity index (χ1) is 8.96. The van der Waals surface area contributed by atoms with E-state index >= 15 is 0 Å².